The number of hydrogen-bond donors (Lipinski definition) is 12. The van der Waals surface area contributed by atoms with Gasteiger partial charge in [-0.3, -0.25) is 4.79 Å². The van der Waals surface area contributed by atoms with Crippen LogP contribution in [-0.2, 0) is 33.2 Å². The molecule has 3 aliphatic rings. The SMILES string of the molecule is CCCCCCCC/C=C/CC/C=C/CC/C=C/C(O)C(COC1OC(CO)C(OC2OC(CO)C(OC3OC(CO)C(O)C(O)C3O)C(O)C2O)C(O)C1O)NC(=O)CCCCCCCCCCCCCCCCCCCCCCCCCC. The maximum Gasteiger partial charge on any atom is 0.220 e. The van der Waals surface area contributed by atoms with E-state index < -0.39 is 124 Å². The van der Waals surface area contributed by atoms with Crippen LogP contribution < -0.4 is 5.32 Å². The molecule has 0 aromatic carbocycles. The second-order valence-electron chi connectivity index (χ2n) is 24.3. The second-order valence-corrected chi connectivity index (χ2v) is 24.3. The van der Waals surface area contributed by atoms with Gasteiger partial charge in [-0.25, -0.2) is 0 Å². The predicted octanol–water partition coefficient (Wildman–Crippen LogP) is 8.05. The lowest BCUT2D eigenvalue weighted by Gasteiger charge is -2.48. The van der Waals surface area contributed by atoms with E-state index in [1.165, 1.54) is 167 Å². The van der Waals surface area contributed by atoms with Crippen molar-refractivity contribution in [2.75, 3.05) is 26.4 Å². The lowest BCUT2D eigenvalue weighted by molar-refractivity contribution is -0.379. The number of hydrogen-bond acceptors (Lipinski definition) is 18. The molecule has 0 bridgehead atoms. The van der Waals surface area contributed by atoms with Gasteiger partial charge in [-0.1, -0.05) is 230 Å². The topological polar surface area (TPSA) is 307 Å². The van der Waals surface area contributed by atoms with E-state index in [1.54, 1.807) is 6.08 Å². The van der Waals surface area contributed by atoms with Gasteiger partial charge in [0.05, 0.1) is 38.6 Å². The van der Waals surface area contributed by atoms with E-state index in [0.717, 1.165) is 44.9 Å². The van der Waals surface area contributed by atoms with Gasteiger partial charge in [0.15, 0.2) is 18.9 Å². The van der Waals surface area contributed by atoms with Gasteiger partial charge in [-0.2, -0.15) is 0 Å². The second kappa shape index (κ2) is 48.8. The van der Waals surface area contributed by atoms with E-state index >= 15 is 0 Å². The van der Waals surface area contributed by atoms with Gasteiger partial charge in [0.1, 0.15) is 73.2 Å². The average molecular weight is 1220 g/mol. The standard InChI is InChI=1S/C66H121NO18/c1-3-5-7-9-11-13-15-17-19-21-22-23-24-25-26-27-28-30-32-34-36-38-40-42-44-54(72)67-49(50(71)43-41-39-37-35-33-31-29-20-18-16-14-12-10-8-6-4-2)48-80-64-60(78)57(75)62(52(46-69)82-64)85-66-61(79)58(76)63(53(47-70)83-66)84-65-59(77)56(74)55(73)51(45-68)81-65/h18,20,33,35,41,43,49-53,55-66,68-71,73-79H,3-17,19,21-32,34,36-40,42,44-48H2,1-2H3,(H,67,72)/b20-18+,35-33+,43-41+. The third kappa shape index (κ3) is 31.5. The van der Waals surface area contributed by atoms with E-state index in [0.29, 0.717) is 12.8 Å². The Labute approximate surface area is 511 Å². The third-order valence-electron chi connectivity index (χ3n) is 16.9. The van der Waals surface area contributed by atoms with Crippen LogP contribution in [0.3, 0.4) is 0 Å². The molecule has 0 spiro atoms. The smallest absolute Gasteiger partial charge is 0.220 e. The summed E-state index contributed by atoms with van der Waals surface area (Å²) in [6.07, 6.45) is 28.4. The molecule has 3 rings (SSSR count). The van der Waals surface area contributed by atoms with Crippen molar-refractivity contribution < 1.29 is 89.4 Å². The maximum atomic E-state index is 13.4. The van der Waals surface area contributed by atoms with Crippen LogP contribution in [0.15, 0.2) is 36.5 Å². The molecule has 0 radical (unpaired) electrons. The zero-order chi connectivity index (χ0) is 61.9. The molecule has 498 valence electrons. The Bertz CT molecular complexity index is 1690. The van der Waals surface area contributed by atoms with E-state index in [9.17, 15) is 61.0 Å². The third-order valence-corrected chi connectivity index (χ3v) is 16.9. The van der Waals surface area contributed by atoms with Crippen molar-refractivity contribution in [3.8, 4) is 0 Å². The number of rotatable bonds is 51. The first-order chi connectivity index (χ1) is 41.3. The van der Waals surface area contributed by atoms with Gasteiger partial charge in [0.25, 0.3) is 0 Å². The molecule has 17 unspecified atom stereocenters. The van der Waals surface area contributed by atoms with Crippen LogP contribution in [0.1, 0.15) is 245 Å². The molecule has 0 aliphatic carbocycles. The van der Waals surface area contributed by atoms with E-state index in [4.69, 9.17) is 28.4 Å². The molecule has 3 heterocycles. The first-order valence-corrected chi connectivity index (χ1v) is 33.7. The highest BCUT2D eigenvalue weighted by atomic mass is 16.8. The average Bonchev–Trinajstić information content (AvgIpc) is 3.49. The lowest BCUT2D eigenvalue weighted by atomic mass is 9.96. The molecule has 17 atom stereocenters. The summed E-state index contributed by atoms with van der Waals surface area (Å²) in [6.45, 7) is 1.71. The lowest BCUT2D eigenvalue weighted by Crippen LogP contribution is -2.66. The van der Waals surface area contributed by atoms with Gasteiger partial charge in [-0.15, -0.1) is 0 Å². The summed E-state index contributed by atoms with van der Waals surface area (Å²) in [5.74, 6) is -0.286. The zero-order valence-electron chi connectivity index (χ0n) is 52.3. The Morgan fingerprint density at radius 3 is 1.18 bits per heavy atom. The van der Waals surface area contributed by atoms with Crippen LogP contribution in [0, 0.1) is 0 Å². The van der Waals surface area contributed by atoms with Crippen LogP contribution in [0.5, 0.6) is 0 Å². The molecule has 3 fully saturated rings. The van der Waals surface area contributed by atoms with Crippen molar-refractivity contribution in [3.63, 3.8) is 0 Å². The Balaban J connectivity index is 1.45. The summed E-state index contributed by atoms with van der Waals surface area (Å²) in [4.78, 5) is 13.4. The number of aliphatic hydroxyl groups excluding tert-OH is 11. The monoisotopic (exact) mass is 1220 g/mol. The molecule has 85 heavy (non-hydrogen) atoms. The van der Waals surface area contributed by atoms with E-state index in [2.05, 4.69) is 43.5 Å². The normalized spacial score (nSPS) is 29.2. The number of unbranched alkanes of at least 4 members (excludes halogenated alkanes) is 31. The molecule has 19 heteroatoms. The largest absolute Gasteiger partial charge is 0.394 e. The van der Waals surface area contributed by atoms with Gasteiger partial charge in [0, 0.05) is 6.42 Å². The van der Waals surface area contributed by atoms with Crippen LogP contribution in [0.25, 0.3) is 0 Å². The van der Waals surface area contributed by atoms with Gasteiger partial charge in [0.2, 0.25) is 5.91 Å². The van der Waals surface area contributed by atoms with Crippen molar-refractivity contribution in [2.45, 2.75) is 349 Å². The Hall–Kier alpha value is -1.99. The number of allylic oxidation sites excluding steroid dienone is 5. The van der Waals surface area contributed by atoms with Crippen LogP contribution in [-0.4, -0.2) is 193 Å². The summed E-state index contributed by atoms with van der Waals surface area (Å²) in [6, 6.07) is -0.993. The van der Waals surface area contributed by atoms with Gasteiger partial charge < -0.3 is 89.9 Å². The summed E-state index contributed by atoms with van der Waals surface area (Å²) in [5.41, 5.74) is 0. The van der Waals surface area contributed by atoms with Crippen molar-refractivity contribution in [3.05, 3.63) is 36.5 Å². The predicted molar refractivity (Wildman–Crippen MR) is 328 cm³/mol. The Morgan fingerprint density at radius 2 is 0.753 bits per heavy atom. The highest BCUT2D eigenvalue weighted by Crippen LogP contribution is 2.33. The molecule has 1 amide bonds. The molecule has 3 saturated heterocycles. The summed E-state index contributed by atoms with van der Waals surface area (Å²) in [7, 11) is 0. The minimum atomic E-state index is -1.98. The van der Waals surface area contributed by atoms with Crippen LogP contribution in [0.4, 0.5) is 0 Å². The van der Waals surface area contributed by atoms with Crippen LogP contribution in [0.2, 0.25) is 0 Å². The molecular weight excluding hydrogens is 1090 g/mol. The maximum absolute atomic E-state index is 13.4. The summed E-state index contributed by atoms with van der Waals surface area (Å²) >= 11 is 0. The highest BCUT2D eigenvalue weighted by Gasteiger charge is 2.53. The van der Waals surface area contributed by atoms with Gasteiger partial charge >= 0.3 is 0 Å². The quantitative estimate of drug-likeness (QED) is 0.0202. The minimum absolute atomic E-state index is 0.236. The number of nitrogens with one attached hydrogen (secondary N) is 1. The number of amides is 1. The molecular formula is C66H121NO18. The fourth-order valence-electron chi connectivity index (χ4n) is 11.4. The fourth-order valence-corrected chi connectivity index (χ4v) is 11.4. The Kier molecular flexibility index (Phi) is 44.4. The fraction of sp³-hybridized carbons (Fsp3) is 0.894. The minimum Gasteiger partial charge on any atom is -0.394 e. The highest BCUT2D eigenvalue weighted by molar-refractivity contribution is 5.76. The number of carbonyl (C=O) groups excluding carboxylic acids is 1. The number of aliphatic hydroxyl groups is 11. The van der Waals surface area contributed by atoms with Crippen molar-refractivity contribution >= 4 is 5.91 Å². The Morgan fingerprint density at radius 1 is 0.412 bits per heavy atom. The first-order valence-electron chi connectivity index (χ1n) is 33.7. The van der Waals surface area contributed by atoms with Crippen molar-refractivity contribution in [1.29, 1.82) is 0 Å². The number of carbonyl (C=O) groups is 1. The molecule has 0 aromatic heterocycles. The molecule has 0 aromatic rings. The molecule has 19 nitrogen and oxygen atoms in total. The van der Waals surface area contributed by atoms with Gasteiger partial charge in [-0.05, 0) is 44.9 Å². The van der Waals surface area contributed by atoms with Crippen molar-refractivity contribution in [1.82, 2.24) is 5.32 Å². The summed E-state index contributed by atoms with van der Waals surface area (Å²) in [5, 5.41) is 120. The molecule has 12 N–H and O–H groups in total. The van der Waals surface area contributed by atoms with E-state index in [1.807, 2.05) is 6.08 Å². The number of ether oxygens (including phenoxy) is 6. The molecule has 0 saturated carbocycles. The van der Waals surface area contributed by atoms with E-state index in [-0.39, 0.29) is 18.9 Å². The first kappa shape index (κ1) is 77.3. The van der Waals surface area contributed by atoms with Crippen molar-refractivity contribution in [2.24, 2.45) is 0 Å². The zero-order valence-corrected chi connectivity index (χ0v) is 52.3. The van der Waals surface area contributed by atoms with Crippen LogP contribution >= 0.6 is 0 Å². The molecule has 3 aliphatic heterocycles. The summed E-state index contributed by atoms with van der Waals surface area (Å²) < 4.78 is 34.3.